The summed E-state index contributed by atoms with van der Waals surface area (Å²) in [5.41, 5.74) is 2.76. The van der Waals surface area contributed by atoms with Crippen LogP contribution in [0.3, 0.4) is 0 Å². The molecule has 1 aliphatic carbocycles. The number of hydrogen-bond acceptors (Lipinski definition) is 3. The van der Waals surface area contributed by atoms with Crippen LogP contribution in [0.1, 0.15) is 54.1 Å². The van der Waals surface area contributed by atoms with Crippen LogP contribution in [0, 0.1) is 18.7 Å². The zero-order chi connectivity index (χ0) is 22.7. The van der Waals surface area contributed by atoms with Gasteiger partial charge in [0.1, 0.15) is 5.82 Å². The van der Waals surface area contributed by atoms with Crippen LogP contribution in [0.5, 0.6) is 0 Å². The fraction of sp³-hybridized carbons (Fsp3) is 0.462. The predicted molar refractivity (Wildman–Crippen MR) is 124 cm³/mol. The molecular weight excluding hydrogens is 405 g/mol. The maximum absolute atomic E-state index is 14.4. The number of piperazine rings is 1. The quantitative estimate of drug-likeness (QED) is 0.743. The van der Waals surface area contributed by atoms with E-state index in [4.69, 9.17) is 0 Å². The Kier molecular flexibility index (Phi) is 6.89. The third kappa shape index (κ3) is 5.01. The van der Waals surface area contributed by atoms with Crippen molar-refractivity contribution in [3.8, 4) is 0 Å². The van der Waals surface area contributed by atoms with E-state index in [2.05, 4.69) is 17.1 Å². The lowest BCUT2D eigenvalue weighted by atomic mass is 10.0. The summed E-state index contributed by atoms with van der Waals surface area (Å²) in [5, 5.41) is 2.86. The summed E-state index contributed by atoms with van der Waals surface area (Å²) in [6.07, 6.45) is 4.36. The number of anilines is 1. The van der Waals surface area contributed by atoms with Gasteiger partial charge in [0.05, 0.1) is 0 Å². The number of nitrogens with zero attached hydrogens (tertiary/aromatic N) is 2. The normalized spacial score (nSPS) is 19.8. The van der Waals surface area contributed by atoms with Gasteiger partial charge >= 0.3 is 0 Å². The minimum Gasteiger partial charge on any atom is -0.337 e. The molecule has 32 heavy (non-hydrogen) atoms. The van der Waals surface area contributed by atoms with Gasteiger partial charge in [0, 0.05) is 49.4 Å². The van der Waals surface area contributed by atoms with E-state index in [1.807, 2.05) is 17.9 Å². The fourth-order valence-electron chi connectivity index (χ4n) is 4.97. The van der Waals surface area contributed by atoms with Crippen LogP contribution in [0.4, 0.5) is 10.1 Å². The molecule has 5 nitrogen and oxygen atoms in total. The van der Waals surface area contributed by atoms with E-state index in [9.17, 15) is 14.0 Å². The molecule has 4 rings (SSSR count). The Labute approximate surface area is 189 Å². The number of carbonyl (C=O) groups excluding carboxylic acids is 2. The van der Waals surface area contributed by atoms with E-state index in [0.29, 0.717) is 30.2 Å². The number of rotatable bonds is 5. The van der Waals surface area contributed by atoms with E-state index >= 15 is 0 Å². The van der Waals surface area contributed by atoms with Crippen molar-refractivity contribution in [1.82, 2.24) is 9.80 Å². The van der Waals surface area contributed by atoms with Gasteiger partial charge in [-0.1, -0.05) is 31.0 Å². The first-order chi connectivity index (χ1) is 15.4. The summed E-state index contributed by atoms with van der Waals surface area (Å²) >= 11 is 0. The van der Waals surface area contributed by atoms with E-state index in [0.717, 1.165) is 49.9 Å². The van der Waals surface area contributed by atoms with E-state index in [-0.39, 0.29) is 23.7 Å². The molecular formula is C26H32FN3O2. The highest BCUT2D eigenvalue weighted by Gasteiger charge is 2.33. The molecule has 1 saturated heterocycles. The maximum Gasteiger partial charge on any atom is 0.255 e. The molecule has 2 aromatic rings. The monoisotopic (exact) mass is 437 g/mol. The summed E-state index contributed by atoms with van der Waals surface area (Å²) < 4.78 is 14.4. The number of amides is 2. The molecule has 6 heteroatoms. The van der Waals surface area contributed by atoms with Crippen molar-refractivity contribution < 1.29 is 14.0 Å². The third-order valence-corrected chi connectivity index (χ3v) is 6.86. The summed E-state index contributed by atoms with van der Waals surface area (Å²) in [5.74, 6) is -0.109. The van der Waals surface area contributed by atoms with Crippen molar-refractivity contribution in [3.63, 3.8) is 0 Å². The van der Waals surface area contributed by atoms with Gasteiger partial charge in [0.2, 0.25) is 5.91 Å². The molecule has 1 unspecified atom stereocenters. The van der Waals surface area contributed by atoms with Crippen molar-refractivity contribution in [2.24, 2.45) is 5.92 Å². The molecule has 2 amide bonds. The Hall–Kier alpha value is -2.73. The lowest BCUT2D eigenvalue weighted by Crippen LogP contribution is -2.54. The SMILES string of the molecule is Cc1c(CN2CCN(C(=O)C3CCCC3)C(C)C2)cc(F)cc1NC(=O)c1ccccc1. The van der Waals surface area contributed by atoms with Crippen LogP contribution in [-0.2, 0) is 11.3 Å². The van der Waals surface area contributed by atoms with Crippen molar-refractivity contribution in [2.45, 2.75) is 52.1 Å². The van der Waals surface area contributed by atoms with Crippen molar-refractivity contribution in [3.05, 3.63) is 65.0 Å². The molecule has 0 bridgehead atoms. The minimum atomic E-state index is -0.364. The second kappa shape index (κ2) is 9.82. The average molecular weight is 438 g/mol. The lowest BCUT2D eigenvalue weighted by molar-refractivity contribution is -0.140. The highest BCUT2D eigenvalue weighted by Crippen LogP contribution is 2.29. The van der Waals surface area contributed by atoms with Gasteiger partial charge in [-0.25, -0.2) is 4.39 Å². The Morgan fingerprint density at radius 1 is 1.09 bits per heavy atom. The molecule has 2 aliphatic rings. The first-order valence-electron chi connectivity index (χ1n) is 11.6. The zero-order valence-corrected chi connectivity index (χ0v) is 18.9. The second-order valence-electron chi connectivity index (χ2n) is 9.15. The Morgan fingerprint density at radius 3 is 2.50 bits per heavy atom. The summed E-state index contributed by atoms with van der Waals surface area (Å²) in [7, 11) is 0. The van der Waals surface area contributed by atoms with Gasteiger partial charge in [0.25, 0.3) is 5.91 Å². The second-order valence-corrected chi connectivity index (χ2v) is 9.15. The Bertz CT molecular complexity index is 973. The largest absolute Gasteiger partial charge is 0.337 e. The molecule has 2 aromatic carbocycles. The first-order valence-corrected chi connectivity index (χ1v) is 11.6. The van der Waals surface area contributed by atoms with Crippen molar-refractivity contribution in [2.75, 3.05) is 25.0 Å². The average Bonchev–Trinajstić information content (AvgIpc) is 3.32. The summed E-state index contributed by atoms with van der Waals surface area (Å²) in [6.45, 7) is 6.85. The topological polar surface area (TPSA) is 52.6 Å². The van der Waals surface area contributed by atoms with Crippen LogP contribution < -0.4 is 5.32 Å². The number of hydrogen-bond donors (Lipinski definition) is 1. The van der Waals surface area contributed by atoms with Gasteiger partial charge < -0.3 is 10.2 Å². The predicted octanol–water partition coefficient (Wildman–Crippen LogP) is 4.61. The molecule has 2 fully saturated rings. The smallest absolute Gasteiger partial charge is 0.255 e. The number of carbonyl (C=O) groups is 2. The molecule has 1 aliphatic heterocycles. The highest BCUT2D eigenvalue weighted by molar-refractivity contribution is 6.04. The van der Waals surface area contributed by atoms with Crippen molar-refractivity contribution in [1.29, 1.82) is 0 Å². The van der Waals surface area contributed by atoms with E-state index < -0.39 is 0 Å². The van der Waals surface area contributed by atoms with E-state index in [1.54, 1.807) is 30.3 Å². The van der Waals surface area contributed by atoms with Gasteiger partial charge in [-0.15, -0.1) is 0 Å². The Balaban J connectivity index is 1.42. The fourth-order valence-corrected chi connectivity index (χ4v) is 4.97. The first kappa shape index (κ1) is 22.5. The van der Waals surface area contributed by atoms with Gasteiger partial charge in [-0.05, 0) is 62.1 Å². The molecule has 1 saturated carbocycles. The minimum absolute atomic E-state index is 0.142. The molecule has 0 aromatic heterocycles. The van der Waals surface area contributed by atoms with Crippen LogP contribution in [0.2, 0.25) is 0 Å². The van der Waals surface area contributed by atoms with Crippen molar-refractivity contribution >= 4 is 17.5 Å². The summed E-state index contributed by atoms with van der Waals surface area (Å²) in [6, 6.07) is 12.0. The molecule has 0 spiro atoms. The van der Waals surface area contributed by atoms with Crippen LogP contribution in [0.25, 0.3) is 0 Å². The van der Waals surface area contributed by atoms with Crippen LogP contribution in [0.15, 0.2) is 42.5 Å². The van der Waals surface area contributed by atoms with Gasteiger partial charge in [-0.3, -0.25) is 14.5 Å². The molecule has 1 atom stereocenters. The maximum atomic E-state index is 14.4. The highest BCUT2D eigenvalue weighted by atomic mass is 19.1. The molecule has 1 heterocycles. The number of halogens is 1. The van der Waals surface area contributed by atoms with Crippen LogP contribution in [-0.4, -0.2) is 47.3 Å². The zero-order valence-electron chi connectivity index (χ0n) is 18.9. The standard InChI is InChI=1S/C26H32FN3O2/c1-18-16-29(12-13-30(18)26(32)21-10-6-7-11-21)17-22-14-23(27)15-24(19(22)2)28-25(31)20-8-4-3-5-9-20/h3-5,8-9,14-15,18,21H,6-7,10-13,16-17H2,1-2H3,(H,28,31). The van der Waals surface area contributed by atoms with E-state index in [1.165, 1.54) is 6.07 Å². The summed E-state index contributed by atoms with van der Waals surface area (Å²) in [4.78, 5) is 29.7. The molecule has 170 valence electrons. The van der Waals surface area contributed by atoms with Gasteiger partial charge in [0.15, 0.2) is 0 Å². The Morgan fingerprint density at radius 2 is 1.81 bits per heavy atom. The number of benzene rings is 2. The van der Waals surface area contributed by atoms with Gasteiger partial charge in [-0.2, -0.15) is 0 Å². The number of nitrogens with one attached hydrogen (secondary N) is 1. The molecule has 0 radical (unpaired) electrons. The van der Waals surface area contributed by atoms with Crippen LogP contribution >= 0.6 is 0 Å². The third-order valence-electron chi connectivity index (χ3n) is 6.86. The molecule has 1 N–H and O–H groups in total. The lowest BCUT2D eigenvalue weighted by Gasteiger charge is -2.41.